The van der Waals surface area contributed by atoms with E-state index in [1.807, 2.05) is 30.3 Å². The van der Waals surface area contributed by atoms with E-state index in [1.54, 1.807) is 32.7 Å². The number of nitrogens with zero attached hydrogens (tertiary/aromatic N) is 3. The molecule has 0 aliphatic carbocycles. The second kappa shape index (κ2) is 11.4. The molecule has 5 rings (SSSR count). The first kappa shape index (κ1) is 25.4. The van der Waals surface area contributed by atoms with Gasteiger partial charge in [0.05, 0.1) is 40.2 Å². The molecule has 0 radical (unpaired) electrons. The van der Waals surface area contributed by atoms with Crippen molar-refractivity contribution in [1.29, 1.82) is 0 Å². The zero-order valence-corrected chi connectivity index (χ0v) is 23.1. The number of ether oxygens (including phenoxy) is 4. The Balaban J connectivity index is 1.51. The van der Waals surface area contributed by atoms with Crippen molar-refractivity contribution in [2.45, 2.75) is 30.0 Å². The summed E-state index contributed by atoms with van der Waals surface area (Å²) in [5.74, 6) is 2.83. The number of hydrogen-bond acceptors (Lipinski definition) is 8. The lowest BCUT2D eigenvalue weighted by Gasteiger charge is -2.25. The molecule has 37 heavy (non-hydrogen) atoms. The predicted molar refractivity (Wildman–Crippen MR) is 149 cm³/mol. The fourth-order valence-electron chi connectivity index (χ4n) is 4.66. The third kappa shape index (κ3) is 5.24. The van der Waals surface area contributed by atoms with Gasteiger partial charge in [-0.05, 0) is 61.4 Å². The Kier molecular flexibility index (Phi) is 7.81. The van der Waals surface area contributed by atoms with Gasteiger partial charge in [0.25, 0.3) is 0 Å². The van der Waals surface area contributed by atoms with E-state index in [-0.39, 0.29) is 5.25 Å². The number of hydrogen-bond donors (Lipinski definition) is 0. The molecule has 4 aromatic rings. The summed E-state index contributed by atoms with van der Waals surface area (Å²) in [6, 6.07) is 14.8. The zero-order valence-electron chi connectivity index (χ0n) is 21.5. The molecule has 7 nitrogen and oxygen atoms in total. The Morgan fingerprint density at radius 3 is 2.51 bits per heavy atom. The van der Waals surface area contributed by atoms with Gasteiger partial charge in [-0.3, -0.25) is 4.57 Å². The fourth-order valence-corrected chi connectivity index (χ4v) is 6.62. The highest BCUT2D eigenvalue weighted by Gasteiger charge is 2.27. The van der Waals surface area contributed by atoms with Crippen molar-refractivity contribution in [3.05, 3.63) is 71.5 Å². The molecule has 0 spiro atoms. The second-order valence-electron chi connectivity index (χ2n) is 8.52. The van der Waals surface area contributed by atoms with Crippen molar-refractivity contribution in [2.75, 3.05) is 39.4 Å². The van der Waals surface area contributed by atoms with Crippen LogP contribution in [0.15, 0.2) is 65.1 Å². The molecule has 0 fully saturated rings. The number of thioether (sulfide) groups is 1. The molecule has 0 unspecified atom stereocenters. The molecule has 0 N–H and O–H groups in total. The van der Waals surface area contributed by atoms with Gasteiger partial charge < -0.3 is 23.8 Å². The number of thiazole rings is 1. The summed E-state index contributed by atoms with van der Waals surface area (Å²) in [6.45, 7) is 4.30. The molecule has 9 heteroatoms. The quantitative estimate of drug-likeness (QED) is 0.238. The highest BCUT2D eigenvalue weighted by molar-refractivity contribution is 7.99. The van der Waals surface area contributed by atoms with E-state index in [0.29, 0.717) is 23.9 Å². The van der Waals surface area contributed by atoms with Crippen molar-refractivity contribution in [2.24, 2.45) is 0 Å². The van der Waals surface area contributed by atoms with Crippen LogP contribution in [0.4, 0.5) is 5.69 Å². The minimum Gasteiger partial charge on any atom is -0.494 e. The summed E-state index contributed by atoms with van der Waals surface area (Å²) in [7, 11) is 4.94. The van der Waals surface area contributed by atoms with Crippen molar-refractivity contribution < 1.29 is 18.9 Å². The third-order valence-electron chi connectivity index (χ3n) is 6.38. The Morgan fingerprint density at radius 1 is 1.03 bits per heavy atom. The van der Waals surface area contributed by atoms with Crippen LogP contribution in [-0.4, -0.2) is 44.0 Å². The molecular weight excluding hydrogens is 506 g/mol. The van der Waals surface area contributed by atoms with Crippen LogP contribution in [0.25, 0.3) is 5.13 Å². The highest BCUT2D eigenvalue weighted by atomic mass is 32.2. The molecule has 0 amide bonds. The SMILES string of the molecule is CCOc1ccc2c(c1)S[C@H](c1cc(OC)c(OC)c(OC)c1)CCN2Cc1cccn1-c1nccs1. The van der Waals surface area contributed by atoms with Gasteiger partial charge in [0.15, 0.2) is 16.6 Å². The maximum absolute atomic E-state index is 5.87. The lowest BCUT2D eigenvalue weighted by Crippen LogP contribution is -2.25. The van der Waals surface area contributed by atoms with Crippen LogP contribution in [0.2, 0.25) is 0 Å². The minimum atomic E-state index is 0.195. The van der Waals surface area contributed by atoms with Crippen LogP contribution in [0.1, 0.15) is 29.9 Å². The molecule has 2 aromatic heterocycles. The van der Waals surface area contributed by atoms with Crippen molar-refractivity contribution in [3.63, 3.8) is 0 Å². The van der Waals surface area contributed by atoms with E-state index in [2.05, 4.69) is 63.1 Å². The molecule has 3 heterocycles. The first-order valence-corrected chi connectivity index (χ1v) is 14.0. The van der Waals surface area contributed by atoms with E-state index in [4.69, 9.17) is 18.9 Å². The smallest absolute Gasteiger partial charge is 0.203 e. The van der Waals surface area contributed by atoms with E-state index in [0.717, 1.165) is 36.0 Å². The number of fused-ring (bicyclic) bond motifs is 1. The number of aromatic nitrogens is 2. The van der Waals surface area contributed by atoms with E-state index < -0.39 is 0 Å². The monoisotopic (exact) mass is 537 g/mol. The first-order valence-electron chi connectivity index (χ1n) is 12.2. The van der Waals surface area contributed by atoms with Gasteiger partial charge in [0.2, 0.25) is 5.75 Å². The Morgan fingerprint density at radius 2 is 1.84 bits per heavy atom. The Labute approximate surface area is 225 Å². The zero-order chi connectivity index (χ0) is 25.8. The topological polar surface area (TPSA) is 58.0 Å². The van der Waals surface area contributed by atoms with E-state index >= 15 is 0 Å². The first-order chi connectivity index (χ1) is 18.1. The summed E-state index contributed by atoms with van der Waals surface area (Å²) >= 11 is 3.49. The number of rotatable bonds is 9. The molecule has 1 aliphatic heterocycles. The highest BCUT2D eigenvalue weighted by Crippen LogP contribution is 2.49. The predicted octanol–water partition coefficient (Wildman–Crippen LogP) is 6.60. The van der Waals surface area contributed by atoms with E-state index in [9.17, 15) is 0 Å². The lowest BCUT2D eigenvalue weighted by atomic mass is 10.1. The number of benzene rings is 2. The molecule has 1 aliphatic rings. The number of methoxy groups -OCH3 is 3. The van der Waals surface area contributed by atoms with Crippen molar-refractivity contribution in [3.8, 4) is 28.1 Å². The second-order valence-corrected chi connectivity index (χ2v) is 10.6. The van der Waals surface area contributed by atoms with Crippen LogP contribution in [0, 0.1) is 0 Å². The molecule has 2 aromatic carbocycles. The molecule has 0 bridgehead atoms. The largest absolute Gasteiger partial charge is 0.494 e. The van der Waals surface area contributed by atoms with Crippen molar-refractivity contribution >= 4 is 28.8 Å². The Bertz CT molecular complexity index is 1310. The molecular formula is C28H31N3O4S2. The molecule has 0 saturated carbocycles. The third-order valence-corrected chi connectivity index (χ3v) is 8.53. The van der Waals surface area contributed by atoms with Gasteiger partial charge in [-0.1, -0.05) is 0 Å². The normalized spacial score (nSPS) is 15.1. The van der Waals surface area contributed by atoms with Crippen LogP contribution in [0.3, 0.4) is 0 Å². The van der Waals surface area contributed by atoms with E-state index in [1.165, 1.54) is 16.3 Å². The van der Waals surface area contributed by atoms with Gasteiger partial charge >= 0.3 is 0 Å². The number of anilines is 1. The maximum atomic E-state index is 5.87. The average Bonchev–Trinajstić information content (AvgIpc) is 3.58. The summed E-state index contributed by atoms with van der Waals surface area (Å²) < 4.78 is 24.9. The van der Waals surface area contributed by atoms with Gasteiger partial charge in [-0.2, -0.15) is 0 Å². The fraction of sp³-hybridized carbons (Fsp3) is 0.321. The average molecular weight is 538 g/mol. The molecule has 0 saturated heterocycles. The lowest BCUT2D eigenvalue weighted by molar-refractivity contribution is 0.323. The van der Waals surface area contributed by atoms with Gasteiger partial charge in [0.1, 0.15) is 5.75 Å². The molecule has 1 atom stereocenters. The summed E-state index contributed by atoms with van der Waals surface area (Å²) in [4.78, 5) is 8.16. The van der Waals surface area contributed by atoms with Crippen LogP contribution < -0.4 is 23.8 Å². The van der Waals surface area contributed by atoms with Gasteiger partial charge in [-0.25, -0.2) is 4.98 Å². The summed E-state index contributed by atoms with van der Waals surface area (Å²) in [6.07, 6.45) is 4.87. The van der Waals surface area contributed by atoms with Crippen LogP contribution >= 0.6 is 23.1 Å². The maximum Gasteiger partial charge on any atom is 0.203 e. The molecule has 194 valence electrons. The summed E-state index contributed by atoms with van der Waals surface area (Å²) in [5.41, 5.74) is 3.54. The Hall–Kier alpha value is -3.30. The standard InChI is InChI=1S/C28H31N3O4S2/c1-5-35-21-8-9-22-26(17-21)37-25(19-15-23(32-2)27(34-4)24(16-19)33-3)10-13-30(22)18-20-7-6-12-31(20)28-29-11-14-36-28/h6-9,11-12,14-17,25H,5,10,13,18H2,1-4H3/t25-/m0/s1. The van der Waals surface area contributed by atoms with Gasteiger partial charge in [0, 0.05) is 40.2 Å². The van der Waals surface area contributed by atoms with Gasteiger partial charge in [-0.15, -0.1) is 23.1 Å². The van der Waals surface area contributed by atoms with Crippen LogP contribution in [0.5, 0.6) is 23.0 Å². The minimum absolute atomic E-state index is 0.195. The van der Waals surface area contributed by atoms with Crippen molar-refractivity contribution in [1.82, 2.24) is 9.55 Å². The summed E-state index contributed by atoms with van der Waals surface area (Å²) in [5, 5.41) is 3.18. The van der Waals surface area contributed by atoms with Crippen LogP contribution in [-0.2, 0) is 6.54 Å².